The predicted octanol–water partition coefficient (Wildman–Crippen LogP) is 2.54. The molecule has 1 unspecified atom stereocenters. The molecule has 1 atom stereocenters. The van der Waals surface area contributed by atoms with Gasteiger partial charge in [0.25, 0.3) is 0 Å². The Kier molecular flexibility index (Phi) is 5.49. The van der Waals surface area contributed by atoms with Crippen molar-refractivity contribution in [2.75, 3.05) is 18.5 Å². The highest BCUT2D eigenvalue weighted by atomic mass is 16.5. The fourth-order valence-corrected chi connectivity index (χ4v) is 1.39. The molecule has 2 N–H and O–H groups in total. The molecule has 4 nitrogen and oxygen atoms in total. The summed E-state index contributed by atoms with van der Waals surface area (Å²) in [5, 5.41) is 5.52. The van der Waals surface area contributed by atoms with Gasteiger partial charge in [-0.05, 0) is 32.9 Å². The summed E-state index contributed by atoms with van der Waals surface area (Å²) in [6.45, 7) is 7.03. The number of carbonyl (C=O) groups excluding carboxylic acids is 1. The van der Waals surface area contributed by atoms with Crippen molar-refractivity contribution in [1.29, 1.82) is 0 Å². The first-order valence-corrected chi connectivity index (χ1v) is 5.85. The molecule has 1 aromatic rings. The summed E-state index contributed by atoms with van der Waals surface area (Å²) in [5.41, 5.74) is 1.96. The SMILES string of the molecule is CCOC(C)CNC(=O)Nc1ccc(C)cc1. The van der Waals surface area contributed by atoms with Gasteiger partial charge in [0, 0.05) is 18.8 Å². The molecule has 94 valence electrons. The quantitative estimate of drug-likeness (QED) is 0.825. The van der Waals surface area contributed by atoms with Crippen LogP contribution in [0.5, 0.6) is 0 Å². The largest absolute Gasteiger partial charge is 0.377 e. The van der Waals surface area contributed by atoms with Crippen LogP contribution in [0.3, 0.4) is 0 Å². The third-order valence-corrected chi connectivity index (χ3v) is 2.31. The van der Waals surface area contributed by atoms with Crippen molar-refractivity contribution in [3.8, 4) is 0 Å². The van der Waals surface area contributed by atoms with E-state index in [4.69, 9.17) is 4.74 Å². The Bertz CT molecular complexity index is 349. The minimum absolute atomic E-state index is 0.0313. The van der Waals surface area contributed by atoms with Crippen molar-refractivity contribution in [2.24, 2.45) is 0 Å². The number of urea groups is 1. The zero-order valence-electron chi connectivity index (χ0n) is 10.6. The zero-order valence-corrected chi connectivity index (χ0v) is 10.6. The summed E-state index contributed by atoms with van der Waals surface area (Å²) in [6.07, 6.45) is 0.0313. The van der Waals surface area contributed by atoms with Crippen molar-refractivity contribution in [3.05, 3.63) is 29.8 Å². The average molecular weight is 236 g/mol. The molecule has 1 rings (SSSR count). The van der Waals surface area contributed by atoms with Crippen molar-refractivity contribution in [1.82, 2.24) is 5.32 Å². The van der Waals surface area contributed by atoms with Crippen LogP contribution in [0.4, 0.5) is 10.5 Å². The Morgan fingerprint density at radius 3 is 2.59 bits per heavy atom. The molecule has 0 radical (unpaired) electrons. The Hall–Kier alpha value is -1.55. The monoisotopic (exact) mass is 236 g/mol. The van der Waals surface area contributed by atoms with Gasteiger partial charge in [-0.15, -0.1) is 0 Å². The summed E-state index contributed by atoms with van der Waals surface area (Å²) in [6, 6.07) is 7.46. The number of aryl methyl sites for hydroxylation is 1. The van der Waals surface area contributed by atoms with Gasteiger partial charge in [0.15, 0.2) is 0 Å². The van der Waals surface area contributed by atoms with Crippen LogP contribution in [0.1, 0.15) is 19.4 Å². The third-order valence-electron chi connectivity index (χ3n) is 2.31. The number of hydrogen-bond acceptors (Lipinski definition) is 2. The molecule has 0 aromatic heterocycles. The van der Waals surface area contributed by atoms with Crippen LogP contribution in [0.2, 0.25) is 0 Å². The van der Waals surface area contributed by atoms with E-state index in [9.17, 15) is 4.79 Å². The molecule has 0 fully saturated rings. The smallest absolute Gasteiger partial charge is 0.319 e. The van der Waals surface area contributed by atoms with E-state index in [1.165, 1.54) is 5.56 Å². The topological polar surface area (TPSA) is 50.4 Å². The molecule has 4 heteroatoms. The molecule has 0 saturated carbocycles. The molecule has 2 amide bonds. The fraction of sp³-hybridized carbons (Fsp3) is 0.462. The van der Waals surface area contributed by atoms with Crippen molar-refractivity contribution < 1.29 is 9.53 Å². The molecule has 0 spiro atoms. The van der Waals surface area contributed by atoms with E-state index in [2.05, 4.69) is 10.6 Å². The molecule has 17 heavy (non-hydrogen) atoms. The summed E-state index contributed by atoms with van der Waals surface area (Å²) in [5.74, 6) is 0. The average Bonchev–Trinajstić information content (AvgIpc) is 2.30. The van der Waals surface area contributed by atoms with E-state index in [0.29, 0.717) is 13.2 Å². The highest BCUT2D eigenvalue weighted by Gasteiger charge is 2.04. The number of benzene rings is 1. The first-order chi connectivity index (χ1) is 8.11. The zero-order chi connectivity index (χ0) is 12.7. The highest BCUT2D eigenvalue weighted by Crippen LogP contribution is 2.07. The van der Waals surface area contributed by atoms with Crippen molar-refractivity contribution >= 4 is 11.7 Å². The molecule has 1 aromatic carbocycles. The maximum atomic E-state index is 11.5. The van der Waals surface area contributed by atoms with E-state index >= 15 is 0 Å². The molecule has 0 heterocycles. The Balaban J connectivity index is 2.32. The maximum Gasteiger partial charge on any atom is 0.319 e. The van der Waals surface area contributed by atoms with Gasteiger partial charge in [-0.3, -0.25) is 0 Å². The first-order valence-electron chi connectivity index (χ1n) is 5.85. The van der Waals surface area contributed by atoms with Crippen LogP contribution in [0, 0.1) is 6.92 Å². The van der Waals surface area contributed by atoms with Crippen molar-refractivity contribution in [2.45, 2.75) is 26.9 Å². The number of rotatable bonds is 5. The summed E-state index contributed by atoms with van der Waals surface area (Å²) < 4.78 is 5.32. The standard InChI is InChI=1S/C13H20N2O2/c1-4-17-11(3)9-14-13(16)15-12-7-5-10(2)6-8-12/h5-8,11H,4,9H2,1-3H3,(H2,14,15,16). The molecule has 0 aliphatic rings. The fourth-order valence-electron chi connectivity index (χ4n) is 1.39. The van der Waals surface area contributed by atoms with Gasteiger partial charge in [0.1, 0.15) is 0 Å². The number of amides is 2. The lowest BCUT2D eigenvalue weighted by Gasteiger charge is -2.13. The Morgan fingerprint density at radius 2 is 2.00 bits per heavy atom. The molecule has 0 saturated heterocycles. The summed E-state index contributed by atoms with van der Waals surface area (Å²) >= 11 is 0. The van der Waals surface area contributed by atoms with E-state index in [1.54, 1.807) is 0 Å². The number of hydrogen-bond donors (Lipinski definition) is 2. The summed E-state index contributed by atoms with van der Waals surface area (Å²) in [4.78, 5) is 11.5. The molecule has 0 bridgehead atoms. The number of anilines is 1. The van der Waals surface area contributed by atoms with Crippen LogP contribution in [0.15, 0.2) is 24.3 Å². The predicted molar refractivity (Wildman–Crippen MR) is 69.3 cm³/mol. The van der Waals surface area contributed by atoms with Crippen LogP contribution < -0.4 is 10.6 Å². The van der Waals surface area contributed by atoms with Crippen LogP contribution >= 0.6 is 0 Å². The van der Waals surface area contributed by atoms with Gasteiger partial charge >= 0.3 is 6.03 Å². The van der Waals surface area contributed by atoms with Gasteiger partial charge in [0.2, 0.25) is 0 Å². The lowest BCUT2D eigenvalue weighted by molar-refractivity contribution is 0.0780. The van der Waals surface area contributed by atoms with E-state index < -0.39 is 0 Å². The molecular weight excluding hydrogens is 216 g/mol. The van der Waals surface area contributed by atoms with E-state index in [-0.39, 0.29) is 12.1 Å². The minimum Gasteiger partial charge on any atom is -0.377 e. The molecule has 0 aliphatic heterocycles. The lowest BCUT2D eigenvalue weighted by Crippen LogP contribution is -2.35. The van der Waals surface area contributed by atoms with Gasteiger partial charge < -0.3 is 15.4 Å². The molecular formula is C13H20N2O2. The first kappa shape index (κ1) is 13.5. The van der Waals surface area contributed by atoms with Crippen LogP contribution in [-0.2, 0) is 4.74 Å². The van der Waals surface area contributed by atoms with E-state index in [1.807, 2.05) is 45.0 Å². The second-order valence-corrected chi connectivity index (χ2v) is 3.97. The second kappa shape index (κ2) is 6.91. The van der Waals surface area contributed by atoms with Crippen LogP contribution in [0.25, 0.3) is 0 Å². The van der Waals surface area contributed by atoms with E-state index in [0.717, 1.165) is 5.69 Å². The maximum absolute atomic E-state index is 11.5. The Morgan fingerprint density at radius 1 is 1.35 bits per heavy atom. The number of ether oxygens (including phenoxy) is 1. The van der Waals surface area contributed by atoms with Gasteiger partial charge in [-0.25, -0.2) is 4.79 Å². The number of carbonyl (C=O) groups is 1. The highest BCUT2D eigenvalue weighted by molar-refractivity contribution is 5.89. The normalized spacial score (nSPS) is 11.9. The summed E-state index contributed by atoms with van der Waals surface area (Å²) in [7, 11) is 0. The molecule has 0 aliphatic carbocycles. The van der Waals surface area contributed by atoms with Gasteiger partial charge in [-0.1, -0.05) is 17.7 Å². The van der Waals surface area contributed by atoms with Gasteiger partial charge in [0.05, 0.1) is 6.10 Å². The second-order valence-electron chi connectivity index (χ2n) is 3.97. The lowest BCUT2D eigenvalue weighted by atomic mass is 10.2. The number of nitrogens with one attached hydrogen (secondary N) is 2. The van der Waals surface area contributed by atoms with Crippen molar-refractivity contribution in [3.63, 3.8) is 0 Å². The third kappa shape index (κ3) is 5.36. The van der Waals surface area contributed by atoms with Gasteiger partial charge in [-0.2, -0.15) is 0 Å². The Labute approximate surface area is 102 Å². The van der Waals surface area contributed by atoms with Crippen LogP contribution in [-0.4, -0.2) is 25.3 Å². The minimum atomic E-state index is -0.208.